The highest BCUT2D eigenvalue weighted by Gasteiger charge is 2.14. The smallest absolute Gasteiger partial charge is 0.319 e. The van der Waals surface area contributed by atoms with E-state index in [0.717, 1.165) is 30.5 Å². The summed E-state index contributed by atoms with van der Waals surface area (Å²) in [5.41, 5.74) is 0.517. The van der Waals surface area contributed by atoms with Crippen LogP contribution in [0.1, 0.15) is 25.1 Å². The van der Waals surface area contributed by atoms with Gasteiger partial charge in [-0.1, -0.05) is 11.6 Å². The van der Waals surface area contributed by atoms with Crippen molar-refractivity contribution in [3.8, 4) is 5.75 Å². The van der Waals surface area contributed by atoms with Gasteiger partial charge in [0.05, 0.1) is 12.8 Å². The van der Waals surface area contributed by atoms with Gasteiger partial charge in [0.25, 0.3) is 0 Å². The molecule has 0 atom stereocenters. The van der Waals surface area contributed by atoms with Gasteiger partial charge in [0, 0.05) is 37.3 Å². The van der Waals surface area contributed by atoms with E-state index in [9.17, 15) is 4.79 Å². The number of nitrogens with zero attached hydrogens (tertiary/aromatic N) is 3. The molecule has 156 valence electrons. The molecular formula is C20H27ClN6O2. The summed E-state index contributed by atoms with van der Waals surface area (Å²) in [6.45, 7) is 4.92. The number of ether oxygens (including phenoxy) is 1. The number of benzene rings is 1. The number of aromatic nitrogens is 2. The van der Waals surface area contributed by atoms with E-state index in [1.807, 2.05) is 13.0 Å². The quantitative estimate of drug-likeness (QED) is 0.594. The van der Waals surface area contributed by atoms with Crippen LogP contribution in [0.3, 0.4) is 0 Å². The van der Waals surface area contributed by atoms with Gasteiger partial charge in [-0.05, 0) is 44.4 Å². The van der Waals surface area contributed by atoms with Gasteiger partial charge in [-0.25, -0.2) is 14.8 Å². The second kappa shape index (κ2) is 10.2. The monoisotopic (exact) mass is 418 g/mol. The van der Waals surface area contributed by atoms with Crippen LogP contribution in [-0.4, -0.2) is 49.3 Å². The molecule has 29 heavy (non-hydrogen) atoms. The lowest BCUT2D eigenvalue weighted by molar-refractivity contribution is 0.252. The van der Waals surface area contributed by atoms with Gasteiger partial charge < -0.3 is 25.6 Å². The molecule has 1 saturated heterocycles. The van der Waals surface area contributed by atoms with Crippen molar-refractivity contribution < 1.29 is 9.53 Å². The van der Waals surface area contributed by atoms with E-state index in [2.05, 4.69) is 30.8 Å². The number of amides is 2. The third-order valence-corrected chi connectivity index (χ3v) is 4.87. The van der Waals surface area contributed by atoms with E-state index >= 15 is 0 Å². The Bertz CT molecular complexity index is 842. The van der Waals surface area contributed by atoms with Crippen LogP contribution < -0.4 is 25.6 Å². The minimum Gasteiger partial charge on any atom is -0.495 e. The van der Waals surface area contributed by atoms with Crippen LogP contribution in [0.5, 0.6) is 5.75 Å². The minimum atomic E-state index is -0.333. The number of nitrogens with one attached hydrogen (secondary N) is 3. The molecular weight excluding hydrogens is 392 g/mol. The zero-order valence-electron chi connectivity index (χ0n) is 16.8. The maximum absolute atomic E-state index is 12.1. The third-order valence-electron chi connectivity index (χ3n) is 4.63. The van der Waals surface area contributed by atoms with Gasteiger partial charge in [-0.2, -0.15) is 0 Å². The molecule has 1 aromatic carbocycles. The first-order valence-corrected chi connectivity index (χ1v) is 10.2. The largest absolute Gasteiger partial charge is 0.495 e. The lowest BCUT2D eigenvalue weighted by atomic mass is 10.1. The van der Waals surface area contributed by atoms with Crippen molar-refractivity contribution in [3.63, 3.8) is 0 Å². The summed E-state index contributed by atoms with van der Waals surface area (Å²) < 4.78 is 5.23. The summed E-state index contributed by atoms with van der Waals surface area (Å²) in [4.78, 5) is 23.4. The van der Waals surface area contributed by atoms with Crippen LogP contribution >= 0.6 is 11.6 Å². The van der Waals surface area contributed by atoms with Crippen LogP contribution in [0.15, 0.2) is 24.3 Å². The zero-order chi connectivity index (χ0) is 20.6. The molecule has 1 aliphatic heterocycles. The van der Waals surface area contributed by atoms with E-state index in [4.69, 9.17) is 16.3 Å². The Labute approximate surface area is 176 Å². The molecule has 0 saturated carbocycles. The molecule has 8 nitrogen and oxygen atoms in total. The molecule has 0 bridgehead atoms. The van der Waals surface area contributed by atoms with Gasteiger partial charge in [0.1, 0.15) is 23.2 Å². The van der Waals surface area contributed by atoms with Crippen LogP contribution in [0, 0.1) is 6.92 Å². The molecule has 0 aliphatic carbocycles. The number of carbonyl (C=O) groups is 1. The predicted molar refractivity (Wildman–Crippen MR) is 116 cm³/mol. The van der Waals surface area contributed by atoms with E-state index in [1.165, 1.54) is 26.4 Å². The Balaban J connectivity index is 1.48. The van der Waals surface area contributed by atoms with Crippen LogP contribution in [0.25, 0.3) is 0 Å². The third kappa shape index (κ3) is 6.12. The fraction of sp³-hybridized carbons (Fsp3) is 0.450. The number of methoxy groups -OCH3 is 1. The van der Waals surface area contributed by atoms with Gasteiger partial charge >= 0.3 is 6.03 Å². The highest BCUT2D eigenvalue weighted by molar-refractivity contribution is 6.31. The van der Waals surface area contributed by atoms with Gasteiger partial charge in [0.2, 0.25) is 0 Å². The second-order valence-corrected chi connectivity index (χ2v) is 7.30. The number of rotatable bonds is 7. The van der Waals surface area contributed by atoms with Crippen molar-refractivity contribution in [1.82, 2.24) is 15.3 Å². The summed E-state index contributed by atoms with van der Waals surface area (Å²) >= 11 is 5.98. The minimum absolute atomic E-state index is 0.333. The average molecular weight is 419 g/mol. The molecule has 2 aromatic rings. The normalized spacial score (nSPS) is 13.7. The lowest BCUT2D eigenvalue weighted by Gasteiger charge is -2.28. The summed E-state index contributed by atoms with van der Waals surface area (Å²) in [5.74, 6) is 2.99. The summed E-state index contributed by atoms with van der Waals surface area (Å²) in [6.07, 6.45) is 3.67. The lowest BCUT2D eigenvalue weighted by Crippen LogP contribution is -2.33. The number of anilines is 3. The summed E-state index contributed by atoms with van der Waals surface area (Å²) in [7, 11) is 1.54. The fourth-order valence-corrected chi connectivity index (χ4v) is 3.41. The van der Waals surface area contributed by atoms with Crippen molar-refractivity contribution in [2.75, 3.05) is 48.8 Å². The van der Waals surface area contributed by atoms with Crippen molar-refractivity contribution >= 4 is 35.0 Å². The van der Waals surface area contributed by atoms with Gasteiger partial charge in [0.15, 0.2) is 0 Å². The maximum Gasteiger partial charge on any atom is 0.319 e. The Morgan fingerprint density at radius 2 is 1.97 bits per heavy atom. The molecule has 3 N–H and O–H groups in total. The number of hydrogen-bond donors (Lipinski definition) is 3. The molecule has 3 rings (SSSR count). The van der Waals surface area contributed by atoms with E-state index in [-0.39, 0.29) is 6.03 Å². The van der Waals surface area contributed by atoms with Crippen molar-refractivity contribution in [2.45, 2.75) is 26.2 Å². The van der Waals surface area contributed by atoms with Crippen LogP contribution in [0.2, 0.25) is 5.02 Å². The molecule has 1 aromatic heterocycles. The molecule has 1 aliphatic rings. The predicted octanol–water partition coefficient (Wildman–Crippen LogP) is 3.67. The number of urea groups is 1. The number of piperidine rings is 1. The van der Waals surface area contributed by atoms with Gasteiger partial charge in [-0.3, -0.25) is 0 Å². The highest BCUT2D eigenvalue weighted by atomic mass is 35.5. The topological polar surface area (TPSA) is 91.4 Å². The summed E-state index contributed by atoms with van der Waals surface area (Å²) in [5, 5.41) is 9.31. The Morgan fingerprint density at radius 3 is 2.72 bits per heavy atom. The molecule has 9 heteroatoms. The van der Waals surface area contributed by atoms with Gasteiger partial charge in [-0.15, -0.1) is 0 Å². The molecule has 2 amide bonds. The Kier molecular flexibility index (Phi) is 7.35. The van der Waals surface area contributed by atoms with Crippen molar-refractivity contribution in [3.05, 3.63) is 35.1 Å². The first kappa shape index (κ1) is 21.0. The molecule has 0 spiro atoms. The van der Waals surface area contributed by atoms with Crippen molar-refractivity contribution in [2.24, 2.45) is 0 Å². The standard InChI is InChI=1S/C20H27ClN6O2/c1-14-24-18(13-19(25-14)27-10-4-3-5-11-27)22-8-9-23-20(28)26-16-12-15(21)6-7-17(16)29-2/h6-7,12-13H,3-5,8-11H2,1-2H3,(H,22,24,25)(H2,23,26,28). The average Bonchev–Trinajstić information content (AvgIpc) is 2.72. The maximum atomic E-state index is 12.1. The van der Waals surface area contributed by atoms with Crippen LogP contribution in [0.4, 0.5) is 22.1 Å². The van der Waals surface area contributed by atoms with E-state index in [1.54, 1.807) is 18.2 Å². The Morgan fingerprint density at radius 1 is 1.17 bits per heavy atom. The van der Waals surface area contributed by atoms with E-state index < -0.39 is 0 Å². The number of carbonyl (C=O) groups excluding carboxylic acids is 1. The SMILES string of the molecule is COc1ccc(Cl)cc1NC(=O)NCCNc1cc(N2CCCCC2)nc(C)n1. The Hall–Kier alpha value is -2.74. The van der Waals surface area contributed by atoms with Crippen molar-refractivity contribution in [1.29, 1.82) is 0 Å². The number of hydrogen-bond acceptors (Lipinski definition) is 6. The highest BCUT2D eigenvalue weighted by Crippen LogP contribution is 2.27. The van der Waals surface area contributed by atoms with Crippen LogP contribution in [-0.2, 0) is 0 Å². The molecule has 1 fully saturated rings. The zero-order valence-corrected chi connectivity index (χ0v) is 17.6. The fourth-order valence-electron chi connectivity index (χ4n) is 3.24. The van der Waals surface area contributed by atoms with E-state index in [0.29, 0.717) is 29.5 Å². The second-order valence-electron chi connectivity index (χ2n) is 6.86. The summed E-state index contributed by atoms with van der Waals surface area (Å²) in [6, 6.07) is 6.69. The molecule has 0 radical (unpaired) electrons. The molecule has 2 heterocycles. The number of aryl methyl sites for hydroxylation is 1. The first-order valence-electron chi connectivity index (χ1n) is 9.78. The molecule has 0 unspecified atom stereocenters. The first-order chi connectivity index (χ1) is 14.0. The number of halogens is 1.